The van der Waals surface area contributed by atoms with Gasteiger partial charge in [0.05, 0.1) is 11.4 Å². The third-order valence-electron chi connectivity index (χ3n) is 3.77. The molecule has 0 bridgehead atoms. The Hall–Kier alpha value is -2.19. The molecule has 136 valence electrons. The second-order valence-electron chi connectivity index (χ2n) is 6.08. The van der Waals surface area contributed by atoms with E-state index in [9.17, 15) is 4.79 Å². The molecule has 1 aromatic carbocycles. The van der Waals surface area contributed by atoms with Crippen LogP contribution >= 0.6 is 23.1 Å². The average molecular weight is 388 g/mol. The van der Waals surface area contributed by atoms with Crippen molar-refractivity contribution in [3.63, 3.8) is 0 Å². The van der Waals surface area contributed by atoms with E-state index in [4.69, 9.17) is 0 Å². The van der Waals surface area contributed by atoms with Crippen molar-refractivity contribution >= 4 is 34.1 Å². The molecule has 3 rings (SSSR count). The number of H-pyrrole nitrogens is 1. The molecule has 1 amide bonds. The number of carbonyl (C=O) groups excluding carboxylic acids is 1. The summed E-state index contributed by atoms with van der Waals surface area (Å²) >= 11 is 2.73. The highest BCUT2D eigenvalue weighted by Crippen LogP contribution is 2.25. The number of rotatable bonds is 7. The minimum absolute atomic E-state index is 0.117. The molecular weight excluding hydrogens is 366 g/mol. The fourth-order valence-corrected chi connectivity index (χ4v) is 3.58. The summed E-state index contributed by atoms with van der Waals surface area (Å²) in [7, 11) is 0. The summed E-state index contributed by atoms with van der Waals surface area (Å²) in [5.41, 5.74) is 3.22. The van der Waals surface area contributed by atoms with Crippen molar-refractivity contribution < 1.29 is 4.79 Å². The molecule has 0 saturated carbocycles. The molecule has 0 spiro atoms. The number of carbonyl (C=O) groups is 1. The zero-order valence-electron chi connectivity index (χ0n) is 14.9. The SMILES string of the molecule is CCc1ccc(-c2csc(NC(=O)CSc3n[nH]c(C(C)C)n3)n2)cc1. The van der Waals surface area contributed by atoms with Crippen LogP contribution in [0.1, 0.15) is 38.1 Å². The van der Waals surface area contributed by atoms with Crippen LogP contribution in [-0.2, 0) is 11.2 Å². The zero-order valence-corrected chi connectivity index (χ0v) is 16.6. The maximum Gasteiger partial charge on any atom is 0.236 e. The Bertz CT molecular complexity index is 870. The first-order valence-corrected chi connectivity index (χ1v) is 10.3. The Morgan fingerprint density at radius 3 is 2.69 bits per heavy atom. The lowest BCUT2D eigenvalue weighted by Crippen LogP contribution is -2.13. The van der Waals surface area contributed by atoms with Crippen LogP contribution < -0.4 is 5.32 Å². The molecule has 0 atom stereocenters. The van der Waals surface area contributed by atoms with Gasteiger partial charge in [-0.05, 0) is 12.0 Å². The Labute approximate surface area is 160 Å². The Morgan fingerprint density at radius 2 is 2.04 bits per heavy atom. The molecule has 8 heteroatoms. The van der Waals surface area contributed by atoms with Gasteiger partial charge in [0.2, 0.25) is 11.1 Å². The third kappa shape index (κ3) is 4.70. The molecule has 2 heterocycles. The summed E-state index contributed by atoms with van der Waals surface area (Å²) in [6.45, 7) is 6.21. The fourth-order valence-electron chi connectivity index (χ4n) is 2.24. The van der Waals surface area contributed by atoms with E-state index in [1.165, 1.54) is 28.7 Å². The predicted octanol–water partition coefficient (Wildman–Crippen LogP) is 4.34. The molecule has 0 fully saturated rings. The molecular formula is C18H21N5OS2. The summed E-state index contributed by atoms with van der Waals surface area (Å²) in [6.07, 6.45) is 1.01. The van der Waals surface area contributed by atoms with Gasteiger partial charge >= 0.3 is 0 Å². The number of anilines is 1. The first-order valence-electron chi connectivity index (χ1n) is 8.45. The molecule has 0 aliphatic heterocycles. The lowest BCUT2D eigenvalue weighted by molar-refractivity contribution is -0.113. The minimum Gasteiger partial charge on any atom is -0.301 e. The lowest BCUT2D eigenvalue weighted by Gasteiger charge is -2.00. The summed E-state index contributed by atoms with van der Waals surface area (Å²) in [4.78, 5) is 21.0. The average Bonchev–Trinajstić information content (AvgIpc) is 3.30. The monoisotopic (exact) mass is 387 g/mol. The van der Waals surface area contributed by atoms with Gasteiger partial charge in [-0.2, -0.15) is 0 Å². The standard InChI is InChI=1S/C18H21N5OS2/c1-4-12-5-7-13(8-6-12)14-9-25-17(19-14)20-15(24)10-26-18-21-16(11(2)3)22-23-18/h5-9,11H,4,10H2,1-3H3,(H,19,20,24)(H,21,22,23). The van der Waals surface area contributed by atoms with E-state index in [1.807, 2.05) is 19.2 Å². The normalized spacial score (nSPS) is 11.1. The van der Waals surface area contributed by atoms with Gasteiger partial charge in [-0.1, -0.05) is 56.8 Å². The third-order valence-corrected chi connectivity index (χ3v) is 5.37. The fraction of sp³-hybridized carbons (Fsp3) is 0.333. The van der Waals surface area contributed by atoms with Gasteiger partial charge in [-0.3, -0.25) is 9.89 Å². The number of nitrogens with zero attached hydrogens (tertiary/aromatic N) is 3. The van der Waals surface area contributed by atoms with E-state index in [-0.39, 0.29) is 17.6 Å². The van der Waals surface area contributed by atoms with Crippen molar-refractivity contribution in [1.29, 1.82) is 0 Å². The number of thiazole rings is 1. The second-order valence-corrected chi connectivity index (χ2v) is 7.88. The number of amides is 1. The summed E-state index contributed by atoms with van der Waals surface area (Å²) in [5.74, 6) is 1.24. The van der Waals surface area contributed by atoms with Gasteiger partial charge in [0.25, 0.3) is 0 Å². The molecule has 0 aliphatic rings. The van der Waals surface area contributed by atoms with Crippen LogP contribution in [0.2, 0.25) is 0 Å². The number of aromatic amines is 1. The van der Waals surface area contributed by atoms with E-state index >= 15 is 0 Å². The van der Waals surface area contributed by atoms with Crippen LogP contribution in [-0.4, -0.2) is 31.8 Å². The van der Waals surface area contributed by atoms with Crippen molar-refractivity contribution in [3.05, 3.63) is 41.0 Å². The summed E-state index contributed by atoms with van der Waals surface area (Å²) in [6, 6.07) is 8.33. The van der Waals surface area contributed by atoms with Gasteiger partial charge < -0.3 is 5.32 Å². The van der Waals surface area contributed by atoms with Gasteiger partial charge in [-0.15, -0.1) is 16.4 Å². The van der Waals surface area contributed by atoms with Gasteiger partial charge in [0.15, 0.2) is 5.13 Å². The van der Waals surface area contributed by atoms with Crippen LogP contribution in [0.5, 0.6) is 0 Å². The number of thioether (sulfide) groups is 1. The van der Waals surface area contributed by atoms with Crippen LogP contribution in [0.4, 0.5) is 5.13 Å². The van der Waals surface area contributed by atoms with E-state index in [0.29, 0.717) is 10.3 Å². The largest absolute Gasteiger partial charge is 0.301 e. The molecule has 0 saturated heterocycles. The number of aromatic nitrogens is 4. The van der Waals surface area contributed by atoms with Crippen LogP contribution in [0.15, 0.2) is 34.8 Å². The highest BCUT2D eigenvalue weighted by Gasteiger charge is 2.11. The Kier molecular flexibility index (Phi) is 6.05. The number of nitrogens with one attached hydrogen (secondary N) is 2. The molecule has 2 N–H and O–H groups in total. The van der Waals surface area contributed by atoms with E-state index in [0.717, 1.165) is 23.5 Å². The lowest BCUT2D eigenvalue weighted by atomic mass is 10.1. The van der Waals surface area contributed by atoms with Gasteiger partial charge in [0, 0.05) is 16.9 Å². The highest BCUT2D eigenvalue weighted by molar-refractivity contribution is 7.99. The van der Waals surface area contributed by atoms with Crippen LogP contribution in [0.25, 0.3) is 11.3 Å². The van der Waals surface area contributed by atoms with Crippen molar-refractivity contribution in [2.24, 2.45) is 0 Å². The summed E-state index contributed by atoms with van der Waals surface area (Å²) < 4.78 is 0. The van der Waals surface area contributed by atoms with E-state index in [1.54, 1.807) is 0 Å². The first kappa shape index (κ1) is 18.6. The van der Waals surface area contributed by atoms with Gasteiger partial charge in [-0.25, -0.2) is 9.97 Å². The predicted molar refractivity (Wildman–Crippen MR) is 107 cm³/mol. The molecule has 26 heavy (non-hydrogen) atoms. The topological polar surface area (TPSA) is 83.6 Å². The van der Waals surface area contributed by atoms with Crippen molar-refractivity contribution in [2.75, 3.05) is 11.1 Å². The number of benzene rings is 1. The van der Waals surface area contributed by atoms with Crippen LogP contribution in [0, 0.1) is 0 Å². The Balaban J connectivity index is 1.55. The molecule has 6 nitrogen and oxygen atoms in total. The van der Waals surface area contributed by atoms with E-state index in [2.05, 4.69) is 56.7 Å². The van der Waals surface area contributed by atoms with Crippen LogP contribution in [0.3, 0.4) is 0 Å². The van der Waals surface area contributed by atoms with Crippen molar-refractivity contribution in [3.8, 4) is 11.3 Å². The molecule has 0 aliphatic carbocycles. The van der Waals surface area contributed by atoms with E-state index < -0.39 is 0 Å². The molecule has 0 radical (unpaired) electrons. The maximum atomic E-state index is 12.1. The quantitative estimate of drug-likeness (QED) is 0.589. The van der Waals surface area contributed by atoms with Crippen molar-refractivity contribution in [1.82, 2.24) is 20.2 Å². The number of hydrogen-bond donors (Lipinski definition) is 2. The molecule has 3 aromatic rings. The first-order chi connectivity index (χ1) is 12.5. The maximum absolute atomic E-state index is 12.1. The second kappa shape index (κ2) is 8.46. The molecule has 2 aromatic heterocycles. The number of hydrogen-bond acceptors (Lipinski definition) is 6. The minimum atomic E-state index is -0.117. The van der Waals surface area contributed by atoms with Crippen molar-refractivity contribution in [2.45, 2.75) is 38.3 Å². The number of aryl methyl sites for hydroxylation is 1. The summed E-state index contributed by atoms with van der Waals surface area (Å²) in [5, 5.41) is 13.0. The zero-order chi connectivity index (χ0) is 18.5. The highest BCUT2D eigenvalue weighted by atomic mass is 32.2. The molecule has 0 unspecified atom stereocenters. The van der Waals surface area contributed by atoms with Gasteiger partial charge in [0.1, 0.15) is 5.82 Å². The smallest absolute Gasteiger partial charge is 0.236 e. The Morgan fingerprint density at radius 1 is 1.27 bits per heavy atom.